The van der Waals surface area contributed by atoms with Crippen molar-refractivity contribution in [2.75, 3.05) is 19.7 Å². The molecule has 1 heterocycles. The molecule has 2 rings (SSSR count). The van der Waals surface area contributed by atoms with Crippen LogP contribution in [0.4, 0.5) is 0 Å². The maximum Gasteiger partial charge on any atom is 0.0602 e. The van der Waals surface area contributed by atoms with Crippen LogP contribution in [0.3, 0.4) is 0 Å². The van der Waals surface area contributed by atoms with Crippen LogP contribution >= 0.6 is 0 Å². The fourth-order valence-corrected chi connectivity index (χ4v) is 4.13. The van der Waals surface area contributed by atoms with Crippen molar-refractivity contribution < 1.29 is 9.47 Å². The molecule has 1 aliphatic carbocycles. The SMILES string of the molecule is CC1CC(CCOC(C)(C)C)CCN1CC1CC(OC(C)(C)C)C1. The van der Waals surface area contributed by atoms with Crippen LogP contribution in [-0.2, 0) is 9.47 Å². The molecule has 1 saturated carbocycles. The molecule has 2 unspecified atom stereocenters. The molecule has 2 aliphatic rings. The highest BCUT2D eigenvalue weighted by molar-refractivity contribution is 4.87. The van der Waals surface area contributed by atoms with Crippen molar-refractivity contribution in [3.05, 3.63) is 0 Å². The lowest BCUT2D eigenvalue weighted by atomic mass is 9.80. The smallest absolute Gasteiger partial charge is 0.0602 e. The Hall–Kier alpha value is -0.120. The summed E-state index contributed by atoms with van der Waals surface area (Å²) in [4.78, 5) is 2.72. The number of rotatable bonds is 6. The van der Waals surface area contributed by atoms with E-state index < -0.39 is 0 Å². The van der Waals surface area contributed by atoms with Crippen molar-refractivity contribution in [1.29, 1.82) is 0 Å². The molecule has 0 amide bonds. The number of ether oxygens (including phenoxy) is 2. The highest BCUT2D eigenvalue weighted by atomic mass is 16.5. The minimum absolute atomic E-state index is 0.00219. The van der Waals surface area contributed by atoms with Crippen molar-refractivity contribution in [1.82, 2.24) is 4.90 Å². The Bertz CT molecular complexity index is 376. The van der Waals surface area contributed by atoms with Crippen molar-refractivity contribution in [3.63, 3.8) is 0 Å². The van der Waals surface area contributed by atoms with Crippen molar-refractivity contribution >= 4 is 0 Å². The summed E-state index contributed by atoms with van der Waals surface area (Å²) in [5.41, 5.74) is 0.0125. The number of nitrogens with zero attached hydrogens (tertiary/aromatic N) is 1. The molecule has 1 saturated heterocycles. The van der Waals surface area contributed by atoms with Crippen LogP contribution < -0.4 is 0 Å². The van der Waals surface area contributed by atoms with E-state index in [9.17, 15) is 0 Å². The van der Waals surface area contributed by atoms with Gasteiger partial charge in [-0.25, -0.2) is 0 Å². The topological polar surface area (TPSA) is 21.7 Å². The summed E-state index contributed by atoms with van der Waals surface area (Å²) in [5, 5.41) is 0. The zero-order chi connectivity index (χ0) is 18.0. The summed E-state index contributed by atoms with van der Waals surface area (Å²) in [5.74, 6) is 1.69. The summed E-state index contributed by atoms with van der Waals surface area (Å²) >= 11 is 0. The molecule has 3 nitrogen and oxygen atoms in total. The molecule has 0 spiro atoms. The third-order valence-corrected chi connectivity index (χ3v) is 5.39. The average molecular weight is 340 g/mol. The van der Waals surface area contributed by atoms with Gasteiger partial charge in [-0.1, -0.05) is 0 Å². The second-order valence-corrected chi connectivity index (χ2v) is 10.2. The first-order valence-corrected chi connectivity index (χ1v) is 10.1. The Morgan fingerprint density at radius 2 is 1.58 bits per heavy atom. The lowest BCUT2D eigenvalue weighted by Crippen LogP contribution is -2.48. The normalized spacial score (nSPS) is 32.6. The van der Waals surface area contributed by atoms with Gasteiger partial charge < -0.3 is 14.4 Å². The van der Waals surface area contributed by atoms with E-state index in [4.69, 9.17) is 9.47 Å². The highest BCUT2D eigenvalue weighted by Gasteiger charge is 2.35. The first-order chi connectivity index (χ1) is 11.0. The Labute approximate surface area is 150 Å². The monoisotopic (exact) mass is 339 g/mol. The van der Waals surface area contributed by atoms with E-state index in [1.165, 1.54) is 45.2 Å². The molecule has 0 bridgehead atoms. The van der Waals surface area contributed by atoms with Crippen LogP contribution in [0.2, 0.25) is 0 Å². The van der Waals surface area contributed by atoms with Crippen LogP contribution in [-0.4, -0.2) is 47.9 Å². The third kappa shape index (κ3) is 7.01. The average Bonchev–Trinajstić information content (AvgIpc) is 2.36. The van der Waals surface area contributed by atoms with E-state index >= 15 is 0 Å². The molecule has 3 heteroatoms. The first-order valence-electron chi connectivity index (χ1n) is 10.1. The Balaban J connectivity index is 1.62. The van der Waals surface area contributed by atoms with E-state index in [1.807, 2.05) is 0 Å². The fourth-order valence-electron chi connectivity index (χ4n) is 4.13. The minimum Gasteiger partial charge on any atom is -0.376 e. The summed E-state index contributed by atoms with van der Waals surface area (Å²) in [6.45, 7) is 18.8. The van der Waals surface area contributed by atoms with Gasteiger partial charge in [-0.15, -0.1) is 0 Å². The largest absolute Gasteiger partial charge is 0.376 e. The lowest BCUT2D eigenvalue weighted by molar-refractivity contribution is -0.117. The van der Waals surface area contributed by atoms with Crippen molar-refractivity contribution in [2.24, 2.45) is 11.8 Å². The Morgan fingerprint density at radius 3 is 2.12 bits per heavy atom. The van der Waals surface area contributed by atoms with Gasteiger partial charge in [-0.05, 0) is 99.0 Å². The van der Waals surface area contributed by atoms with Gasteiger partial charge in [0.05, 0.1) is 17.3 Å². The van der Waals surface area contributed by atoms with Crippen LogP contribution in [0.15, 0.2) is 0 Å². The number of hydrogen-bond acceptors (Lipinski definition) is 3. The third-order valence-electron chi connectivity index (χ3n) is 5.39. The second-order valence-electron chi connectivity index (χ2n) is 10.2. The molecule has 142 valence electrons. The van der Waals surface area contributed by atoms with E-state index in [1.54, 1.807) is 0 Å². The van der Waals surface area contributed by atoms with Gasteiger partial charge in [0.15, 0.2) is 0 Å². The van der Waals surface area contributed by atoms with Gasteiger partial charge in [0, 0.05) is 19.2 Å². The maximum atomic E-state index is 6.08. The molecule has 0 radical (unpaired) electrons. The van der Waals surface area contributed by atoms with Gasteiger partial charge in [-0.3, -0.25) is 0 Å². The van der Waals surface area contributed by atoms with Gasteiger partial charge >= 0.3 is 0 Å². The second kappa shape index (κ2) is 8.05. The fraction of sp³-hybridized carbons (Fsp3) is 1.00. The van der Waals surface area contributed by atoms with Crippen LogP contribution in [0.5, 0.6) is 0 Å². The number of hydrogen-bond donors (Lipinski definition) is 0. The van der Waals surface area contributed by atoms with Crippen molar-refractivity contribution in [2.45, 2.75) is 104 Å². The van der Waals surface area contributed by atoms with Crippen LogP contribution in [0, 0.1) is 11.8 Å². The Morgan fingerprint density at radius 1 is 0.917 bits per heavy atom. The summed E-state index contributed by atoms with van der Waals surface area (Å²) in [7, 11) is 0. The van der Waals surface area contributed by atoms with E-state index in [0.29, 0.717) is 6.10 Å². The number of likely N-dealkylation sites (tertiary alicyclic amines) is 1. The van der Waals surface area contributed by atoms with Crippen LogP contribution in [0.1, 0.15) is 80.6 Å². The predicted molar refractivity (Wildman–Crippen MR) is 101 cm³/mol. The standard InChI is InChI=1S/C21H41NO2/c1-16-12-17(9-11-23-20(2,3)4)8-10-22(16)15-18-13-19(14-18)24-21(5,6)7/h16-19H,8-15H2,1-7H3. The quantitative estimate of drug-likeness (QED) is 0.688. The molecule has 24 heavy (non-hydrogen) atoms. The van der Waals surface area contributed by atoms with E-state index in [2.05, 4.69) is 53.4 Å². The zero-order valence-electron chi connectivity index (χ0n) is 17.2. The van der Waals surface area contributed by atoms with Gasteiger partial charge in [-0.2, -0.15) is 0 Å². The molecule has 0 aromatic carbocycles. The first kappa shape index (κ1) is 20.2. The maximum absolute atomic E-state index is 6.08. The van der Waals surface area contributed by atoms with E-state index in [0.717, 1.165) is 24.5 Å². The molecule has 2 atom stereocenters. The van der Waals surface area contributed by atoms with Crippen LogP contribution in [0.25, 0.3) is 0 Å². The highest BCUT2D eigenvalue weighted by Crippen LogP contribution is 2.35. The van der Waals surface area contributed by atoms with Gasteiger partial charge in [0.25, 0.3) is 0 Å². The van der Waals surface area contributed by atoms with Crippen molar-refractivity contribution in [3.8, 4) is 0 Å². The zero-order valence-corrected chi connectivity index (χ0v) is 17.2. The predicted octanol–water partition coefficient (Wildman–Crippen LogP) is 4.89. The summed E-state index contributed by atoms with van der Waals surface area (Å²) < 4.78 is 12.0. The molecule has 1 aliphatic heterocycles. The molecule has 0 aromatic heterocycles. The minimum atomic E-state index is 0.00219. The molecular formula is C21H41NO2. The van der Waals surface area contributed by atoms with E-state index in [-0.39, 0.29) is 11.2 Å². The summed E-state index contributed by atoms with van der Waals surface area (Å²) in [6.07, 6.45) is 6.90. The van der Waals surface area contributed by atoms with Gasteiger partial charge in [0.2, 0.25) is 0 Å². The Kier molecular flexibility index (Phi) is 6.78. The lowest BCUT2D eigenvalue weighted by Gasteiger charge is -2.45. The molecular weight excluding hydrogens is 298 g/mol. The molecule has 0 N–H and O–H groups in total. The number of piperidine rings is 1. The molecule has 0 aromatic rings. The molecule has 2 fully saturated rings. The van der Waals surface area contributed by atoms with Gasteiger partial charge in [0.1, 0.15) is 0 Å². The summed E-state index contributed by atoms with van der Waals surface area (Å²) in [6, 6.07) is 0.723.